The molecular weight excluding hydrogens is 252 g/mol. The molecule has 0 amide bonds. The minimum atomic E-state index is -4.25. The van der Waals surface area contributed by atoms with E-state index in [1.807, 2.05) is 0 Å². The normalized spacial score (nSPS) is 11.2. The molecule has 5 nitrogen and oxygen atoms in total. The number of anilines is 3. The predicted molar refractivity (Wildman–Crippen MR) is 70.4 cm³/mol. The fourth-order valence-electron chi connectivity index (χ4n) is 1.52. The lowest BCUT2D eigenvalue weighted by Crippen LogP contribution is -2.03. The van der Waals surface area contributed by atoms with Crippen LogP contribution in [0.2, 0.25) is 0 Å². The lowest BCUT2D eigenvalue weighted by atomic mass is 10.2. The molecule has 0 aliphatic rings. The van der Waals surface area contributed by atoms with Crippen LogP contribution in [0.5, 0.6) is 0 Å². The first-order valence-corrected chi connectivity index (χ1v) is 6.60. The van der Waals surface area contributed by atoms with Gasteiger partial charge in [-0.2, -0.15) is 8.42 Å². The monoisotopic (exact) mass is 264 g/mol. The number of hydrogen-bond donors (Lipinski definition) is 3. The molecule has 0 bridgehead atoms. The second kappa shape index (κ2) is 4.67. The second-order valence-electron chi connectivity index (χ2n) is 3.72. The fraction of sp³-hybridized carbons (Fsp3) is 0. The van der Waals surface area contributed by atoms with E-state index in [4.69, 9.17) is 10.3 Å². The first-order valence-electron chi connectivity index (χ1n) is 5.16. The first-order chi connectivity index (χ1) is 8.47. The van der Waals surface area contributed by atoms with Crippen molar-refractivity contribution in [3.63, 3.8) is 0 Å². The molecule has 0 heterocycles. The van der Waals surface area contributed by atoms with Gasteiger partial charge in [-0.05, 0) is 36.4 Å². The molecule has 0 saturated carbocycles. The molecule has 0 aromatic heterocycles. The van der Waals surface area contributed by atoms with Crippen LogP contribution in [0.4, 0.5) is 17.1 Å². The van der Waals surface area contributed by atoms with Crippen molar-refractivity contribution in [1.29, 1.82) is 0 Å². The van der Waals surface area contributed by atoms with E-state index in [1.54, 1.807) is 36.4 Å². The summed E-state index contributed by atoms with van der Waals surface area (Å²) in [5.74, 6) is 0. The Kier molecular flexibility index (Phi) is 3.22. The van der Waals surface area contributed by atoms with Crippen molar-refractivity contribution in [2.45, 2.75) is 4.90 Å². The quantitative estimate of drug-likeness (QED) is 0.584. The van der Waals surface area contributed by atoms with Crippen LogP contribution < -0.4 is 11.1 Å². The topological polar surface area (TPSA) is 92.4 Å². The van der Waals surface area contributed by atoms with E-state index < -0.39 is 10.1 Å². The van der Waals surface area contributed by atoms with Gasteiger partial charge in [-0.3, -0.25) is 4.55 Å². The fourth-order valence-corrected chi connectivity index (χ4v) is 2.16. The third-order valence-electron chi connectivity index (χ3n) is 2.35. The van der Waals surface area contributed by atoms with Crippen molar-refractivity contribution in [2.24, 2.45) is 0 Å². The molecular formula is C12H12N2O3S. The van der Waals surface area contributed by atoms with Crippen LogP contribution in [0, 0.1) is 0 Å². The second-order valence-corrected chi connectivity index (χ2v) is 5.11. The number of hydrogen-bond acceptors (Lipinski definition) is 4. The Morgan fingerprint density at radius 2 is 1.61 bits per heavy atom. The van der Waals surface area contributed by atoms with Crippen molar-refractivity contribution < 1.29 is 13.0 Å². The van der Waals surface area contributed by atoms with Gasteiger partial charge in [-0.1, -0.05) is 12.1 Å². The zero-order chi connectivity index (χ0) is 13.2. The molecule has 4 N–H and O–H groups in total. The predicted octanol–water partition coefficient (Wildman–Crippen LogP) is 2.26. The summed E-state index contributed by atoms with van der Waals surface area (Å²) in [6, 6.07) is 12.9. The van der Waals surface area contributed by atoms with Gasteiger partial charge in [0.1, 0.15) is 4.90 Å². The molecule has 0 radical (unpaired) electrons. The molecule has 2 aromatic carbocycles. The number of rotatable bonds is 3. The maximum absolute atomic E-state index is 11.2. The zero-order valence-corrected chi connectivity index (χ0v) is 10.2. The van der Waals surface area contributed by atoms with Crippen molar-refractivity contribution in [3.05, 3.63) is 48.5 Å². The van der Waals surface area contributed by atoms with Crippen molar-refractivity contribution in [2.75, 3.05) is 11.1 Å². The van der Waals surface area contributed by atoms with Gasteiger partial charge in [0.05, 0.1) is 5.69 Å². The Labute approximate surface area is 105 Å². The Balaban J connectivity index is 2.38. The smallest absolute Gasteiger partial charge is 0.296 e. The van der Waals surface area contributed by atoms with Gasteiger partial charge < -0.3 is 11.1 Å². The maximum atomic E-state index is 11.2. The number of nitrogens with two attached hydrogens (primary N) is 1. The summed E-state index contributed by atoms with van der Waals surface area (Å²) in [7, 11) is -4.25. The van der Waals surface area contributed by atoms with Crippen LogP contribution in [0.1, 0.15) is 0 Å². The number of nitrogens with one attached hydrogen (secondary N) is 1. The summed E-state index contributed by atoms with van der Waals surface area (Å²) in [5.41, 5.74) is 7.16. The minimum absolute atomic E-state index is 0.165. The molecule has 18 heavy (non-hydrogen) atoms. The van der Waals surface area contributed by atoms with Crippen LogP contribution in [0.25, 0.3) is 0 Å². The third-order valence-corrected chi connectivity index (χ3v) is 3.27. The molecule has 2 rings (SSSR count). The lowest BCUT2D eigenvalue weighted by molar-refractivity contribution is 0.483. The minimum Gasteiger partial charge on any atom is -0.399 e. The van der Waals surface area contributed by atoms with Gasteiger partial charge in [0.2, 0.25) is 0 Å². The summed E-state index contributed by atoms with van der Waals surface area (Å²) in [5, 5.41) is 2.91. The highest BCUT2D eigenvalue weighted by Crippen LogP contribution is 2.24. The third kappa shape index (κ3) is 2.79. The van der Waals surface area contributed by atoms with Gasteiger partial charge >= 0.3 is 0 Å². The van der Waals surface area contributed by atoms with Crippen LogP contribution in [0.15, 0.2) is 53.4 Å². The number of nitrogen functional groups attached to an aromatic ring is 1. The van der Waals surface area contributed by atoms with Crippen molar-refractivity contribution >= 4 is 27.2 Å². The summed E-state index contributed by atoms with van der Waals surface area (Å²) >= 11 is 0. The molecule has 94 valence electrons. The molecule has 0 atom stereocenters. The van der Waals surface area contributed by atoms with E-state index in [2.05, 4.69) is 5.32 Å². The van der Waals surface area contributed by atoms with Gasteiger partial charge in [-0.15, -0.1) is 0 Å². The van der Waals surface area contributed by atoms with Crippen LogP contribution >= 0.6 is 0 Å². The molecule has 0 spiro atoms. The molecule has 0 unspecified atom stereocenters. The van der Waals surface area contributed by atoms with Crippen molar-refractivity contribution in [3.8, 4) is 0 Å². The summed E-state index contributed by atoms with van der Waals surface area (Å²) in [6.07, 6.45) is 0. The Hall–Kier alpha value is -2.05. The average Bonchev–Trinajstić information content (AvgIpc) is 2.31. The van der Waals surface area contributed by atoms with E-state index >= 15 is 0 Å². The molecule has 0 fully saturated rings. The van der Waals surface area contributed by atoms with Gasteiger partial charge in [0.25, 0.3) is 10.1 Å². The highest BCUT2D eigenvalue weighted by Gasteiger charge is 2.14. The highest BCUT2D eigenvalue weighted by molar-refractivity contribution is 7.86. The van der Waals surface area contributed by atoms with Gasteiger partial charge in [0, 0.05) is 11.4 Å². The molecule has 6 heteroatoms. The Bertz CT molecular complexity index is 651. The molecule has 0 aliphatic heterocycles. The van der Waals surface area contributed by atoms with Crippen molar-refractivity contribution in [1.82, 2.24) is 0 Å². The Morgan fingerprint density at radius 3 is 2.22 bits per heavy atom. The zero-order valence-electron chi connectivity index (χ0n) is 9.37. The number of benzene rings is 2. The van der Waals surface area contributed by atoms with E-state index in [0.29, 0.717) is 17.1 Å². The largest absolute Gasteiger partial charge is 0.399 e. The van der Waals surface area contributed by atoms with Crippen LogP contribution in [0.3, 0.4) is 0 Å². The first kappa shape index (κ1) is 12.4. The van der Waals surface area contributed by atoms with E-state index in [9.17, 15) is 8.42 Å². The number of para-hydroxylation sites is 1. The lowest BCUT2D eigenvalue weighted by Gasteiger charge is -2.10. The van der Waals surface area contributed by atoms with Gasteiger partial charge in [-0.25, -0.2) is 0 Å². The highest BCUT2D eigenvalue weighted by atomic mass is 32.2. The van der Waals surface area contributed by atoms with Crippen LogP contribution in [-0.2, 0) is 10.1 Å². The van der Waals surface area contributed by atoms with Crippen LogP contribution in [-0.4, -0.2) is 13.0 Å². The van der Waals surface area contributed by atoms with Gasteiger partial charge in [0.15, 0.2) is 0 Å². The maximum Gasteiger partial charge on any atom is 0.296 e. The Morgan fingerprint density at radius 1 is 1.00 bits per heavy atom. The SMILES string of the molecule is Nc1ccc(Nc2ccccc2S(=O)(=O)O)cc1. The van der Waals surface area contributed by atoms with E-state index in [0.717, 1.165) is 0 Å². The molecule has 0 saturated heterocycles. The standard InChI is InChI=1S/C12H12N2O3S/c13-9-5-7-10(8-6-9)14-11-3-1-2-4-12(11)18(15,16)17/h1-8,14H,13H2,(H,15,16,17). The summed E-state index contributed by atoms with van der Waals surface area (Å²) in [6.45, 7) is 0. The molecule has 2 aromatic rings. The van der Waals surface area contributed by atoms with E-state index in [1.165, 1.54) is 12.1 Å². The summed E-state index contributed by atoms with van der Waals surface area (Å²) in [4.78, 5) is -0.165. The molecule has 0 aliphatic carbocycles. The van der Waals surface area contributed by atoms with E-state index in [-0.39, 0.29) is 4.90 Å². The summed E-state index contributed by atoms with van der Waals surface area (Å²) < 4.78 is 31.5. The average molecular weight is 264 g/mol.